The van der Waals surface area contributed by atoms with Crippen LogP contribution in [0, 0.1) is 5.92 Å². The van der Waals surface area contributed by atoms with E-state index in [1.807, 2.05) is 6.92 Å². The molecule has 2 aliphatic heterocycles. The second-order valence-corrected chi connectivity index (χ2v) is 16.2. The largest absolute Gasteiger partial charge is 0.391 e. The van der Waals surface area contributed by atoms with Gasteiger partial charge >= 0.3 is 0 Å². The lowest BCUT2D eigenvalue weighted by Gasteiger charge is -2.48. The zero-order valence-electron chi connectivity index (χ0n) is 34.2. The minimum Gasteiger partial charge on any atom is -0.391 e. The summed E-state index contributed by atoms with van der Waals surface area (Å²) in [6.45, 7) is 5.00. The Hall–Kier alpha value is -0.890. The maximum atomic E-state index is 12.1. The van der Waals surface area contributed by atoms with E-state index in [9.17, 15) is 15.0 Å². The van der Waals surface area contributed by atoms with Gasteiger partial charge in [0.15, 0.2) is 12.6 Å². The van der Waals surface area contributed by atoms with Crippen LogP contribution in [0.3, 0.4) is 0 Å². The van der Waals surface area contributed by atoms with Crippen LogP contribution in [0.5, 0.6) is 0 Å². The lowest BCUT2D eigenvalue weighted by Crippen LogP contribution is -2.67. The molecule has 314 valence electrons. The number of ether oxygens (including phenoxy) is 4. The van der Waals surface area contributed by atoms with Crippen LogP contribution in [0.4, 0.5) is 0 Å². The summed E-state index contributed by atoms with van der Waals surface area (Å²) >= 11 is 0. The number of nitrogens with one attached hydrogen (secondary N) is 1. The molecular weight excluding hydrogens is 672 g/mol. The van der Waals surface area contributed by atoms with Gasteiger partial charge in [-0.1, -0.05) is 148 Å². The van der Waals surface area contributed by atoms with Crippen molar-refractivity contribution in [2.75, 3.05) is 20.2 Å². The number of aliphatic hydroxyl groups is 2. The van der Waals surface area contributed by atoms with Crippen LogP contribution in [-0.4, -0.2) is 91.5 Å². The van der Waals surface area contributed by atoms with Gasteiger partial charge in [-0.15, -0.1) is 0 Å². The number of hydrogen-bond donors (Lipinski definition) is 6. The van der Waals surface area contributed by atoms with E-state index in [0.29, 0.717) is 6.42 Å². The maximum Gasteiger partial charge on any atom is 0.217 e. The Morgan fingerprint density at radius 3 is 1.38 bits per heavy atom. The van der Waals surface area contributed by atoms with E-state index in [4.69, 9.17) is 36.1 Å². The molecule has 0 aromatic heterocycles. The molecule has 0 aromatic rings. The van der Waals surface area contributed by atoms with Crippen molar-refractivity contribution in [3.63, 3.8) is 0 Å². The van der Waals surface area contributed by atoms with Crippen molar-refractivity contribution in [1.82, 2.24) is 5.32 Å². The van der Waals surface area contributed by atoms with E-state index in [1.54, 1.807) is 0 Å². The summed E-state index contributed by atoms with van der Waals surface area (Å²) in [7, 11) is 1.51. The predicted molar refractivity (Wildman–Crippen MR) is 214 cm³/mol. The third kappa shape index (κ3) is 19.7. The lowest BCUT2D eigenvalue weighted by atomic mass is 9.86. The number of methoxy groups -OCH3 is 1. The van der Waals surface area contributed by atoms with E-state index in [-0.39, 0.29) is 17.9 Å². The van der Waals surface area contributed by atoms with E-state index >= 15 is 0 Å². The van der Waals surface area contributed by atoms with Gasteiger partial charge in [0.2, 0.25) is 5.91 Å². The Morgan fingerprint density at radius 1 is 0.604 bits per heavy atom. The fraction of sp³-hybridized carbons (Fsp3) is 0.976. The molecule has 2 aliphatic rings. The molecule has 0 aliphatic carbocycles. The summed E-state index contributed by atoms with van der Waals surface area (Å²) in [4.78, 5) is 12.1. The summed E-state index contributed by atoms with van der Waals surface area (Å²) in [5, 5.41) is 25.6. The summed E-state index contributed by atoms with van der Waals surface area (Å²) in [6.07, 6.45) is 25.7. The number of hydrogen-bond acceptors (Lipinski definition) is 10. The Morgan fingerprint density at radius 2 is 0.981 bits per heavy atom. The van der Waals surface area contributed by atoms with Crippen molar-refractivity contribution < 1.29 is 34.0 Å². The molecule has 11 heteroatoms. The highest BCUT2D eigenvalue weighted by atomic mass is 16.7. The third-order valence-electron chi connectivity index (χ3n) is 11.6. The smallest absolute Gasteiger partial charge is 0.217 e. The second kappa shape index (κ2) is 30.3. The first-order valence-corrected chi connectivity index (χ1v) is 22.0. The van der Waals surface area contributed by atoms with Crippen LogP contribution in [0.1, 0.15) is 181 Å². The molecule has 0 bridgehead atoms. The van der Waals surface area contributed by atoms with Crippen LogP contribution >= 0.6 is 0 Å². The molecule has 0 radical (unpaired) electrons. The van der Waals surface area contributed by atoms with Crippen LogP contribution in [-0.2, 0) is 23.7 Å². The molecule has 2 heterocycles. The SMILES string of the molecule is COC1OC(CCCCCCCCCCCCCCN)C(OC2OC(CCCCCCCCCCCCCCN)C(C)C(O)C2N)C(O)C1NC(C)=O. The monoisotopic (exact) mass is 757 g/mol. The average Bonchev–Trinajstić information content (AvgIpc) is 3.14. The Kier molecular flexibility index (Phi) is 27.6. The van der Waals surface area contributed by atoms with Crippen molar-refractivity contribution in [3.8, 4) is 0 Å². The molecule has 10 unspecified atom stereocenters. The van der Waals surface area contributed by atoms with Crippen molar-refractivity contribution >= 4 is 5.91 Å². The summed E-state index contributed by atoms with van der Waals surface area (Å²) in [6, 6.07) is -1.60. The quantitative estimate of drug-likeness (QED) is 0.0403. The first-order valence-electron chi connectivity index (χ1n) is 22.0. The van der Waals surface area contributed by atoms with Gasteiger partial charge in [-0.05, 0) is 38.8 Å². The third-order valence-corrected chi connectivity index (χ3v) is 11.6. The Bertz CT molecular complexity index is 888. The van der Waals surface area contributed by atoms with Gasteiger partial charge in [0.25, 0.3) is 0 Å². The van der Waals surface area contributed by atoms with Gasteiger partial charge in [-0.2, -0.15) is 0 Å². The molecule has 2 saturated heterocycles. The van der Waals surface area contributed by atoms with Crippen LogP contribution < -0.4 is 22.5 Å². The lowest BCUT2D eigenvalue weighted by molar-refractivity contribution is -0.320. The van der Waals surface area contributed by atoms with E-state index in [2.05, 4.69) is 5.32 Å². The molecule has 53 heavy (non-hydrogen) atoms. The fourth-order valence-corrected chi connectivity index (χ4v) is 8.15. The molecule has 2 rings (SSSR count). The molecule has 0 saturated carbocycles. The predicted octanol–water partition coefficient (Wildman–Crippen LogP) is 6.72. The molecule has 11 nitrogen and oxygen atoms in total. The molecule has 1 amide bonds. The normalized spacial score (nSPS) is 29.1. The minimum absolute atomic E-state index is 0.135. The van der Waals surface area contributed by atoms with Gasteiger partial charge in [0.05, 0.1) is 24.4 Å². The highest BCUT2D eigenvalue weighted by molar-refractivity contribution is 5.73. The van der Waals surface area contributed by atoms with Crippen molar-refractivity contribution in [2.45, 2.75) is 236 Å². The number of unbranched alkanes of at least 4 members (excludes halogenated alkanes) is 22. The molecule has 10 atom stereocenters. The Labute approximate surface area is 323 Å². The van der Waals surface area contributed by atoms with Crippen LogP contribution in [0.25, 0.3) is 0 Å². The van der Waals surface area contributed by atoms with Gasteiger partial charge in [-0.3, -0.25) is 4.79 Å². The summed E-state index contributed by atoms with van der Waals surface area (Å²) in [5.74, 6) is -0.433. The molecular formula is C42H84N4O7. The second-order valence-electron chi connectivity index (χ2n) is 16.2. The molecule has 0 aromatic carbocycles. The number of amides is 1. The van der Waals surface area contributed by atoms with Crippen molar-refractivity contribution in [2.24, 2.45) is 23.1 Å². The first-order chi connectivity index (χ1) is 25.7. The van der Waals surface area contributed by atoms with Gasteiger partial charge in [-0.25, -0.2) is 0 Å². The highest BCUT2D eigenvalue weighted by Crippen LogP contribution is 2.34. The standard InChI is InChI=1S/C42H84N4O7/c1-32-34(28-24-20-16-12-8-4-6-10-14-18-22-26-30-43)51-41(36(45)38(32)48)53-40-35(52-42(50-3)37(39(40)49)46-33(2)47)29-25-21-17-13-9-5-7-11-15-19-23-27-31-44/h32,34-42,48-49H,4-31,43-45H2,1-3H3,(H,46,47). The van der Waals surface area contributed by atoms with E-state index in [0.717, 1.165) is 64.5 Å². The maximum absolute atomic E-state index is 12.1. The molecule has 0 spiro atoms. The summed E-state index contributed by atoms with van der Waals surface area (Å²) < 4.78 is 24.9. The first kappa shape index (κ1) is 48.3. The van der Waals surface area contributed by atoms with Crippen LogP contribution in [0.15, 0.2) is 0 Å². The van der Waals surface area contributed by atoms with Gasteiger partial charge in [0, 0.05) is 20.0 Å². The van der Waals surface area contributed by atoms with E-state index < -0.39 is 49.1 Å². The fourth-order valence-electron chi connectivity index (χ4n) is 8.15. The molecule has 9 N–H and O–H groups in total. The topological polar surface area (TPSA) is 185 Å². The Balaban J connectivity index is 1.83. The number of carbonyl (C=O) groups is 1. The zero-order valence-corrected chi connectivity index (χ0v) is 34.2. The number of nitrogens with two attached hydrogens (primary N) is 3. The minimum atomic E-state index is -1.11. The van der Waals surface area contributed by atoms with Gasteiger partial charge < -0.3 is 51.7 Å². The van der Waals surface area contributed by atoms with Crippen molar-refractivity contribution in [3.05, 3.63) is 0 Å². The van der Waals surface area contributed by atoms with Crippen LogP contribution in [0.2, 0.25) is 0 Å². The van der Waals surface area contributed by atoms with E-state index in [1.165, 1.54) is 123 Å². The average molecular weight is 757 g/mol. The number of rotatable bonds is 32. The van der Waals surface area contributed by atoms with Crippen molar-refractivity contribution in [1.29, 1.82) is 0 Å². The number of aliphatic hydroxyl groups excluding tert-OH is 2. The van der Waals surface area contributed by atoms with Gasteiger partial charge in [0.1, 0.15) is 18.2 Å². The zero-order chi connectivity index (χ0) is 38.7. The summed E-state index contributed by atoms with van der Waals surface area (Å²) in [5.41, 5.74) is 17.7. The number of carbonyl (C=O) groups excluding carboxylic acids is 1. The highest BCUT2D eigenvalue weighted by Gasteiger charge is 2.50. The molecule has 2 fully saturated rings.